The monoisotopic (exact) mass is 310 g/mol. The Balaban J connectivity index is 1.91. The fourth-order valence-corrected chi connectivity index (χ4v) is 2.41. The smallest absolute Gasteiger partial charge is 0.228 e. The van der Waals surface area contributed by atoms with Crippen LogP contribution in [0.15, 0.2) is 54.6 Å². The predicted molar refractivity (Wildman–Crippen MR) is 94.0 cm³/mol. The highest BCUT2D eigenvalue weighted by molar-refractivity contribution is 5.95. The third-order valence-corrected chi connectivity index (χ3v) is 3.62. The lowest BCUT2D eigenvalue weighted by Crippen LogP contribution is -2.31. The van der Waals surface area contributed by atoms with Crippen LogP contribution in [0, 0.1) is 0 Å². The van der Waals surface area contributed by atoms with Crippen molar-refractivity contribution in [3.63, 3.8) is 0 Å². The molecular formula is C19H22N2O2. The van der Waals surface area contributed by atoms with Crippen LogP contribution in [0.25, 0.3) is 0 Å². The number of ketones is 1. The summed E-state index contributed by atoms with van der Waals surface area (Å²) < 4.78 is 0. The second-order valence-corrected chi connectivity index (χ2v) is 5.29. The first-order valence-electron chi connectivity index (χ1n) is 7.82. The molecule has 0 aliphatic heterocycles. The standard InChI is InChI=1S/C19H22N2O2/c1-3-21(18-10-5-4-6-11-18)19(23)12-13-20-17-9-7-8-16(14-17)15(2)22/h4-11,14,20H,3,12-13H2,1-2H3. The van der Waals surface area contributed by atoms with Gasteiger partial charge in [0.15, 0.2) is 5.78 Å². The van der Waals surface area contributed by atoms with Crippen molar-refractivity contribution in [1.82, 2.24) is 0 Å². The Labute approximate surface area is 137 Å². The van der Waals surface area contributed by atoms with Gasteiger partial charge < -0.3 is 10.2 Å². The maximum Gasteiger partial charge on any atom is 0.228 e. The van der Waals surface area contributed by atoms with Gasteiger partial charge in [-0.2, -0.15) is 0 Å². The van der Waals surface area contributed by atoms with Crippen LogP contribution in [0.3, 0.4) is 0 Å². The Bertz CT molecular complexity index is 668. The molecule has 1 amide bonds. The summed E-state index contributed by atoms with van der Waals surface area (Å²) in [7, 11) is 0. The molecule has 0 atom stereocenters. The molecule has 0 aromatic heterocycles. The molecule has 2 aromatic carbocycles. The molecule has 0 fully saturated rings. The molecule has 0 saturated heterocycles. The summed E-state index contributed by atoms with van der Waals surface area (Å²) in [6, 6.07) is 17.0. The van der Waals surface area contributed by atoms with E-state index in [4.69, 9.17) is 0 Å². The maximum atomic E-state index is 12.4. The van der Waals surface area contributed by atoms with Gasteiger partial charge in [-0.1, -0.05) is 30.3 Å². The van der Waals surface area contributed by atoms with Crippen LogP contribution in [0.5, 0.6) is 0 Å². The van der Waals surface area contributed by atoms with Gasteiger partial charge in [0.25, 0.3) is 0 Å². The van der Waals surface area contributed by atoms with E-state index in [1.165, 1.54) is 0 Å². The molecule has 0 aliphatic carbocycles. The van der Waals surface area contributed by atoms with Crippen LogP contribution < -0.4 is 10.2 Å². The number of anilines is 2. The number of amides is 1. The number of carbonyl (C=O) groups excluding carboxylic acids is 2. The lowest BCUT2D eigenvalue weighted by atomic mass is 10.1. The Hall–Kier alpha value is -2.62. The largest absolute Gasteiger partial charge is 0.385 e. The van der Waals surface area contributed by atoms with Gasteiger partial charge in [-0.05, 0) is 38.1 Å². The van der Waals surface area contributed by atoms with Crippen LogP contribution in [0.2, 0.25) is 0 Å². The molecule has 120 valence electrons. The van der Waals surface area contributed by atoms with E-state index in [-0.39, 0.29) is 11.7 Å². The molecule has 4 heteroatoms. The molecular weight excluding hydrogens is 288 g/mol. The highest BCUT2D eigenvalue weighted by Gasteiger charge is 2.12. The summed E-state index contributed by atoms with van der Waals surface area (Å²) in [5, 5.41) is 3.20. The number of hydrogen-bond acceptors (Lipinski definition) is 3. The molecule has 0 spiro atoms. The predicted octanol–water partition coefficient (Wildman–Crippen LogP) is 3.74. The molecule has 4 nitrogen and oxygen atoms in total. The number of nitrogens with one attached hydrogen (secondary N) is 1. The van der Waals surface area contributed by atoms with Gasteiger partial charge in [0.05, 0.1) is 0 Å². The van der Waals surface area contributed by atoms with Crippen LogP contribution >= 0.6 is 0 Å². The van der Waals surface area contributed by atoms with E-state index in [2.05, 4.69) is 5.32 Å². The van der Waals surface area contributed by atoms with Crippen molar-refractivity contribution >= 4 is 23.1 Å². The summed E-state index contributed by atoms with van der Waals surface area (Å²) >= 11 is 0. The highest BCUT2D eigenvalue weighted by atomic mass is 16.2. The van der Waals surface area contributed by atoms with Crippen molar-refractivity contribution in [3.8, 4) is 0 Å². The van der Waals surface area contributed by atoms with Gasteiger partial charge in [0.2, 0.25) is 5.91 Å². The van der Waals surface area contributed by atoms with Crippen LogP contribution in [-0.2, 0) is 4.79 Å². The number of rotatable bonds is 7. The summed E-state index contributed by atoms with van der Waals surface area (Å²) in [6.07, 6.45) is 0.396. The molecule has 0 bridgehead atoms. The van der Waals surface area contributed by atoms with Crippen molar-refractivity contribution in [1.29, 1.82) is 0 Å². The first-order valence-corrected chi connectivity index (χ1v) is 7.82. The fraction of sp³-hybridized carbons (Fsp3) is 0.263. The first kappa shape index (κ1) is 16.7. The number of Topliss-reactive ketones (excluding diaryl/α,β-unsaturated/α-hetero) is 1. The minimum Gasteiger partial charge on any atom is -0.385 e. The molecule has 0 saturated carbocycles. The maximum absolute atomic E-state index is 12.4. The Morgan fingerprint density at radius 2 is 1.78 bits per heavy atom. The SMILES string of the molecule is CCN(C(=O)CCNc1cccc(C(C)=O)c1)c1ccccc1. The van der Waals surface area contributed by atoms with Crippen molar-refractivity contribution in [2.24, 2.45) is 0 Å². The third kappa shape index (κ3) is 4.68. The van der Waals surface area contributed by atoms with Crippen LogP contribution in [0.4, 0.5) is 11.4 Å². The molecule has 1 N–H and O–H groups in total. The highest BCUT2D eigenvalue weighted by Crippen LogP contribution is 2.15. The zero-order valence-electron chi connectivity index (χ0n) is 13.6. The van der Waals surface area contributed by atoms with Crippen molar-refractivity contribution in [3.05, 3.63) is 60.2 Å². The summed E-state index contributed by atoms with van der Waals surface area (Å²) in [4.78, 5) is 25.5. The second-order valence-electron chi connectivity index (χ2n) is 5.29. The molecule has 0 unspecified atom stereocenters. The summed E-state index contributed by atoms with van der Waals surface area (Å²) in [5.41, 5.74) is 2.44. The van der Waals surface area contributed by atoms with Crippen molar-refractivity contribution < 1.29 is 9.59 Å². The number of para-hydroxylation sites is 1. The van der Waals surface area contributed by atoms with E-state index in [9.17, 15) is 9.59 Å². The van der Waals surface area contributed by atoms with E-state index in [0.29, 0.717) is 25.1 Å². The Morgan fingerprint density at radius 3 is 2.43 bits per heavy atom. The van der Waals surface area contributed by atoms with Gasteiger partial charge >= 0.3 is 0 Å². The van der Waals surface area contributed by atoms with E-state index in [0.717, 1.165) is 11.4 Å². The molecule has 23 heavy (non-hydrogen) atoms. The zero-order valence-corrected chi connectivity index (χ0v) is 13.6. The van der Waals surface area contributed by atoms with Gasteiger partial charge in [-0.15, -0.1) is 0 Å². The molecule has 2 rings (SSSR count). The van der Waals surface area contributed by atoms with E-state index < -0.39 is 0 Å². The minimum absolute atomic E-state index is 0.0333. The minimum atomic E-state index is 0.0333. The van der Waals surface area contributed by atoms with E-state index in [1.807, 2.05) is 55.5 Å². The lowest BCUT2D eigenvalue weighted by Gasteiger charge is -2.21. The molecule has 0 radical (unpaired) electrons. The van der Waals surface area contributed by atoms with E-state index >= 15 is 0 Å². The van der Waals surface area contributed by atoms with Crippen molar-refractivity contribution in [2.45, 2.75) is 20.3 Å². The zero-order chi connectivity index (χ0) is 16.7. The first-order chi connectivity index (χ1) is 11.1. The number of nitrogens with zero attached hydrogens (tertiary/aromatic N) is 1. The summed E-state index contributed by atoms with van der Waals surface area (Å²) in [6.45, 7) is 4.68. The second kappa shape index (κ2) is 8.13. The number of hydrogen-bond donors (Lipinski definition) is 1. The quantitative estimate of drug-likeness (QED) is 0.792. The van der Waals surface area contributed by atoms with Crippen LogP contribution in [-0.4, -0.2) is 24.8 Å². The number of benzene rings is 2. The Kier molecular flexibility index (Phi) is 5.92. The lowest BCUT2D eigenvalue weighted by molar-refractivity contribution is -0.118. The molecule has 2 aromatic rings. The van der Waals surface area contributed by atoms with Gasteiger partial charge in [-0.3, -0.25) is 9.59 Å². The topological polar surface area (TPSA) is 49.4 Å². The number of carbonyl (C=O) groups is 2. The average molecular weight is 310 g/mol. The normalized spacial score (nSPS) is 10.2. The molecule has 0 heterocycles. The van der Waals surface area contributed by atoms with Crippen molar-refractivity contribution in [2.75, 3.05) is 23.3 Å². The van der Waals surface area contributed by atoms with Gasteiger partial charge in [-0.25, -0.2) is 0 Å². The Morgan fingerprint density at radius 1 is 1.04 bits per heavy atom. The van der Waals surface area contributed by atoms with Gasteiger partial charge in [0, 0.05) is 36.4 Å². The fourth-order valence-electron chi connectivity index (χ4n) is 2.41. The van der Waals surface area contributed by atoms with Gasteiger partial charge in [0.1, 0.15) is 0 Å². The average Bonchev–Trinajstić information content (AvgIpc) is 2.57. The summed E-state index contributed by atoms with van der Waals surface area (Å²) in [5.74, 6) is 0.111. The van der Waals surface area contributed by atoms with Crippen LogP contribution in [0.1, 0.15) is 30.6 Å². The molecule has 0 aliphatic rings. The third-order valence-electron chi connectivity index (χ3n) is 3.62. The van der Waals surface area contributed by atoms with E-state index in [1.54, 1.807) is 17.9 Å².